The Labute approximate surface area is 228 Å². The highest BCUT2D eigenvalue weighted by Crippen LogP contribution is 2.26. The van der Waals surface area contributed by atoms with Crippen LogP contribution < -0.4 is 16.6 Å². The monoisotopic (exact) mass is 528 g/mol. The summed E-state index contributed by atoms with van der Waals surface area (Å²) < 4.78 is 4.71. The number of amides is 1. The van der Waals surface area contributed by atoms with Gasteiger partial charge >= 0.3 is 0 Å². The van der Waals surface area contributed by atoms with Gasteiger partial charge in [-0.15, -0.1) is 5.10 Å². The molecule has 10 nitrogen and oxygen atoms in total. The topological polar surface area (TPSA) is 125 Å². The second kappa shape index (κ2) is 9.89. The summed E-state index contributed by atoms with van der Waals surface area (Å²) in [5.74, 6) is 5.85. The van der Waals surface area contributed by atoms with Gasteiger partial charge in [0.1, 0.15) is 16.9 Å². The molecule has 1 aromatic carbocycles. The minimum absolute atomic E-state index is 0.113. The van der Waals surface area contributed by atoms with Crippen molar-refractivity contribution in [2.75, 3.05) is 5.73 Å². The maximum atomic E-state index is 14.1. The Bertz CT molecular complexity index is 2030. The van der Waals surface area contributed by atoms with E-state index >= 15 is 0 Å². The molecule has 0 spiro atoms. The van der Waals surface area contributed by atoms with Crippen LogP contribution in [0.15, 0.2) is 90.1 Å². The van der Waals surface area contributed by atoms with Gasteiger partial charge in [0.15, 0.2) is 5.82 Å². The summed E-state index contributed by atoms with van der Waals surface area (Å²) in [5, 5.41) is 11.4. The number of anilines is 1. The minimum atomic E-state index is -0.636. The molecule has 0 unspecified atom stereocenters. The lowest BCUT2D eigenvalue weighted by Gasteiger charge is -2.18. The van der Waals surface area contributed by atoms with Crippen LogP contribution >= 0.6 is 0 Å². The quantitative estimate of drug-likeness (QED) is 0.339. The first kappa shape index (κ1) is 24.6. The molecule has 196 valence electrons. The van der Waals surface area contributed by atoms with Gasteiger partial charge in [-0.2, -0.15) is 5.10 Å². The van der Waals surface area contributed by atoms with Crippen LogP contribution in [0.1, 0.15) is 40.3 Å². The van der Waals surface area contributed by atoms with Gasteiger partial charge in [-0.1, -0.05) is 48.4 Å². The van der Waals surface area contributed by atoms with Gasteiger partial charge in [-0.25, -0.2) is 9.50 Å². The predicted octanol–water partition coefficient (Wildman–Crippen LogP) is 3.22. The van der Waals surface area contributed by atoms with Crippen molar-refractivity contribution >= 4 is 22.9 Å². The van der Waals surface area contributed by atoms with E-state index < -0.39 is 11.9 Å². The summed E-state index contributed by atoms with van der Waals surface area (Å²) in [4.78, 5) is 32.4. The molecular weight excluding hydrogens is 504 g/mol. The molecule has 40 heavy (non-hydrogen) atoms. The maximum absolute atomic E-state index is 14.1. The molecule has 0 fully saturated rings. The second-order valence-corrected chi connectivity index (χ2v) is 9.29. The SMILES string of the molecule is C[C@H](NC(=O)c1c(N)nn2ccccc12)c1nc2cccc(C#Cc3cnn(C)c3)n2c(=O)c1-c1ccccc1. The number of rotatable bonds is 4. The summed E-state index contributed by atoms with van der Waals surface area (Å²) in [6, 6.07) is 19.3. The molecule has 0 aliphatic heterocycles. The zero-order valence-corrected chi connectivity index (χ0v) is 21.7. The predicted molar refractivity (Wildman–Crippen MR) is 152 cm³/mol. The number of carbonyl (C=O) groups is 1. The van der Waals surface area contributed by atoms with Crippen LogP contribution in [0.5, 0.6) is 0 Å². The van der Waals surface area contributed by atoms with E-state index in [0.29, 0.717) is 33.7 Å². The number of aromatic nitrogens is 6. The Balaban J connectivity index is 1.48. The Kier molecular flexibility index (Phi) is 6.09. The van der Waals surface area contributed by atoms with Crippen molar-refractivity contribution < 1.29 is 4.79 Å². The fourth-order valence-electron chi connectivity index (χ4n) is 4.70. The number of hydrogen-bond donors (Lipinski definition) is 2. The minimum Gasteiger partial charge on any atom is -0.382 e. The zero-order chi connectivity index (χ0) is 27.8. The molecule has 10 heteroatoms. The van der Waals surface area contributed by atoms with Crippen molar-refractivity contribution in [2.45, 2.75) is 13.0 Å². The molecule has 6 rings (SSSR count). The van der Waals surface area contributed by atoms with Crippen molar-refractivity contribution in [3.63, 3.8) is 0 Å². The van der Waals surface area contributed by atoms with Crippen LogP contribution in [-0.2, 0) is 7.05 Å². The molecular formula is C30H24N8O2. The Morgan fingerprint density at radius 1 is 1.02 bits per heavy atom. The molecule has 5 heterocycles. The average Bonchev–Trinajstić information content (AvgIpc) is 3.53. The lowest BCUT2D eigenvalue weighted by molar-refractivity contribution is 0.0941. The first-order valence-corrected chi connectivity index (χ1v) is 12.6. The van der Waals surface area contributed by atoms with Gasteiger partial charge in [0.05, 0.1) is 34.6 Å². The van der Waals surface area contributed by atoms with Gasteiger partial charge in [0.2, 0.25) is 0 Å². The van der Waals surface area contributed by atoms with Crippen LogP contribution in [-0.4, -0.2) is 34.7 Å². The number of aryl methyl sites for hydroxylation is 1. The van der Waals surface area contributed by atoms with E-state index in [4.69, 9.17) is 10.7 Å². The third-order valence-electron chi connectivity index (χ3n) is 6.53. The van der Waals surface area contributed by atoms with E-state index in [1.807, 2.05) is 43.4 Å². The van der Waals surface area contributed by atoms with E-state index in [9.17, 15) is 9.59 Å². The van der Waals surface area contributed by atoms with Gasteiger partial charge in [0, 0.05) is 19.4 Å². The third kappa shape index (κ3) is 4.35. The Morgan fingerprint density at radius 3 is 2.60 bits per heavy atom. The van der Waals surface area contributed by atoms with E-state index in [1.54, 1.807) is 65.0 Å². The van der Waals surface area contributed by atoms with Crippen molar-refractivity contribution in [1.82, 2.24) is 34.1 Å². The highest BCUT2D eigenvalue weighted by molar-refractivity contribution is 6.05. The van der Waals surface area contributed by atoms with E-state index in [1.165, 1.54) is 4.40 Å². The van der Waals surface area contributed by atoms with Crippen molar-refractivity contribution in [3.05, 3.63) is 118 Å². The van der Waals surface area contributed by atoms with E-state index in [-0.39, 0.29) is 16.9 Å². The normalized spacial score (nSPS) is 11.8. The van der Waals surface area contributed by atoms with E-state index in [2.05, 4.69) is 27.4 Å². The maximum Gasteiger partial charge on any atom is 0.267 e. The van der Waals surface area contributed by atoms with Crippen LogP contribution in [0, 0.1) is 11.8 Å². The molecule has 0 aliphatic rings. The van der Waals surface area contributed by atoms with Gasteiger partial charge in [0.25, 0.3) is 11.5 Å². The van der Waals surface area contributed by atoms with Gasteiger partial charge < -0.3 is 11.1 Å². The smallest absolute Gasteiger partial charge is 0.267 e. The first-order chi connectivity index (χ1) is 19.4. The molecule has 1 atom stereocenters. The molecule has 0 saturated carbocycles. The zero-order valence-electron chi connectivity index (χ0n) is 21.7. The van der Waals surface area contributed by atoms with Crippen LogP contribution in [0.2, 0.25) is 0 Å². The van der Waals surface area contributed by atoms with Gasteiger partial charge in [-0.3, -0.25) is 18.7 Å². The fourth-order valence-corrected chi connectivity index (χ4v) is 4.70. The Morgan fingerprint density at radius 2 is 1.82 bits per heavy atom. The largest absolute Gasteiger partial charge is 0.382 e. The van der Waals surface area contributed by atoms with Gasteiger partial charge in [-0.05, 0) is 42.7 Å². The van der Waals surface area contributed by atoms with Crippen LogP contribution in [0.25, 0.3) is 22.3 Å². The average molecular weight is 529 g/mol. The second-order valence-electron chi connectivity index (χ2n) is 9.29. The number of nitrogens with one attached hydrogen (secondary N) is 1. The molecule has 0 aliphatic carbocycles. The van der Waals surface area contributed by atoms with Crippen LogP contribution in [0.4, 0.5) is 5.82 Å². The van der Waals surface area contributed by atoms with Crippen molar-refractivity contribution in [3.8, 4) is 23.0 Å². The third-order valence-corrected chi connectivity index (χ3v) is 6.53. The first-order valence-electron chi connectivity index (χ1n) is 12.6. The van der Waals surface area contributed by atoms with Crippen molar-refractivity contribution in [2.24, 2.45) is 7.05 Å². The summed E-state index contributed by atoms with van der Waals surface area (Å²) in [6.07, 6.45) is 5.18. The summed E-state index contributed by atoms with van der Waals surface area (Å²) in [6.45, 7) is 1.79. The number of pyridine rings is 2. The molecule has 5 aromatic heterocycles. The Hall–Kier alpha value is -5.69. The highest BCUT2D eigenvalue weighted by Gasteiger charge is 2.24. The molecule has 1 amide bonds. The van der Waals surface area contributed by atoms with Crippen molar-refractivity contribution in [1.29, 1.82) is 0 Å². The number of benzene rings is 1. The number of nitrogens with two attached hydrogens (primary N) is 1. The highest BCUT2D eigenvalue weighted by atomic mass is 16.2. The number of hydrogen-bond acceptors (Lipinski definition) is 6. The molecule has 0 radical (unpaired) electrons. The molecule has 6 aromatic rings. The number of fused-ring (bicyclic) bond motifs is 2. The standard InChI is InChI=1S/C30H24N8O2/c1-19(33-29(39)26-23-12-6-7-16-37(23)35-28(26)31)27-25(21-9-4-3-5-10-21)30(40)38-22(11-8-13-24(38)34-27)15-14-20-17-32-36(2)18-20/h3-13,16-19H,1-2H3,(H2,31,35)(H,33,39)/t19-/m0/s1. The van der Waals surface area contributed by atoms with E-state index in [0.717, 1.165) is 5.56 Å². The number of nitrogens with zero attached hydrogens (tertiary/aromatic N) is 6. The molecule has 0 saturated heterocycles. The lowest BCUT2D eigenvalue weighted by Crippen LogP contribution is -2.31. The van der Waals surface area contributed by atoms with Crippen LogP contribution in [0.3, 0.4) is 0 Å². The number of nitrogen functional groups attached to an aromatic ring is 1. The molecule has 3 N–H and O–H groups in total. The molecule has 0 bridgehead atoms. The summed E-state index contributed by atoms with van der Waals surface area (Å²) in [7, 11) is 1.81. The summed E-state index contributed by atoms with van der Waals surface area (Å²) in [5.41, 5.74) is 9.74. The summed E-state index contributed by atoms with van der Waals surface area (Å²) >= 11 is 0. The number of carbonyl (C=O) groups excluding carboxylic acids is 1. The fraction of sp³-hybridized carbons (Fsp3) is 0.100. The lowest BCUT2D eigenvalue weighted by atomic mass is 10.0.